The van der Waals surface area contributed by atoms with Crippen LogP contribution in [-0.2, 0) is 6.42 Å². The molecule has 0 aliphatic carbocycles. The molecular formula is C13H23NS. The largest absolute Gasteiger partial charge is 0.314 e. The molecule has 15 heavy (non-hydrogen) atoms. The number of hydrogen-bond donors (Lipinski definition) is 1. The van der Waals surface area contributed by atoms with Crippen molar-refractivity contribution in [3.05, 3.63) is 22.4 Å². The summed E-state index contributed by atoms with van der Waals surface area (Å²) in [5.74, 6) is 0.828. The zero-order valence-electron chi connectivity index (χ0n) is 10.1. The average molecular weight is 225 g/mol. The van der Waals surface area contributed by atoms with E-state index >= 15 is 0 Å². The Bertz CT molecular complexity index is 243. The van der Waals surface area contributed by atoms with Crippen LogP contribution in [0, 0.1) is 5.92 Å². The molecule has 1 heterocycles. The first kappa shape index (κ1) is 12.7. The van der Waals surface area contributed by atoms with Crippen LogP contribution >= 0.6 is 11.3 Å². The Morgan fingerprint density at radius 1 is 1.40 bits per heavy atom. The topological polar surface area (TPSA) is 12.0 Å². The third-order valence-electron chi connectivity index (χ3n) is 2.90. The van der Waals surface area contributed by atoms with Gasteiger partial charge in [-0.1, -0.05) is 33.3 Å². The fourth-order valence-electron chi connectivity index (χ4n) is 1.85. The number of rotatable bonds is 7. The maximum atomic E-state index is 3.59. The Labute approximate surface area is 97.9 Å². The highest BCUT2D eigenvalue weighted by atomic mass is 32.1. The van der Waals surface area contributed by atoms with Gasteiger partial charge in [0.05, 0.1) is 0 Å². The molecule has 0 spiro atoms. The van der Waals surface area contributed by atoms with Gasteiger partial charge in [0.15, 0.2) is 0 Å². The zero-order chi connectivity index (χ0) is 11.1. The Balaban J connectivity index is 2.43. The van der Waals surface area contributed by atoms with Crippen LogP contribution in [0.3, 0.4) is 0 Å². The highest BCUT2D eigenvalue weighted by Gasteiger charge is 2.12. The summed E-state index contributed by atoms with van der Waals surface area (Å²) in [5.41, 5.74) is 0. The molecular weight excluding hydrogens is 202 g/mol. The molecule has 1 aromatic heterocycles. The molecule has 1 N–H and O–H groups in total. The molecule has 0 amide bonds. The molecule has 2 atom stereocenters. The van der Waals surface area contributed by atoms with Crippen LogP contribution < -0.4 is 5.32 Å². The van der Waals surface area contributed by atoms with Gasteiger partial charge in [-0.3, -0.25) is 0 Å². The smallest absolute Gasteiger partial charge is 0.0118 e. The number of likely N-dealkylation sites (N-methyl/N-ethyl adjacent to an activating group) is 1. The summed E-state index contributed by atoms with van der Waals surface area (Å²) in [4.78, 5) is 1.50. The van der Waals surface area contributed by atoms with Crippen molar-refractivity contribution in [2.75, 3.05) is 6.54 Å². The van der Waals surface area contributed by atoms with Crippen molar-refractivity contribution in [2.24, 2.45) is 5.92 Å². The van der Waals surface area contributed by atoms with Crippen LogP contribution in [0.1, 0.15) is 38.5 Å². The van der Waals surface area contributed by atoms with Gasteiger partial charge in [0.1, 0.15) is 0 Å². The molecule has 0 saturated heterocycles. The maximum absolute atomic E-state index is 3.59. The molecule has 0 radical (unpaired) electrons. The van der Waals surface area contributed by atoms with Gasteiger partial charge in [-0.15, -0.1) is 11.3 Å². The SMILES string of the molecule is CCNC(Cc1cccs1)CC(C)CC. The number of nitrogens with one attached hydrogen (secondary N) is 1. The number of thiophene rings is 1. The third kappa shape index (κ3) is 4.80. The van der Waals surface area contributed by atoms with Crippen LogP contribution in [-0.4, -0.2) is 12.6 Å². The molecule has 2 heteroatoms. The molecule has 0 aliphatic rings. The summed E-state index contributed by atoms with van der Waals surface area (Å²) < 4.78 is 0. The molecule has 0 fully saturated rings. The van der Waals surface area contributed by atoms with E-state index in [0.717, 1.165) is 12.5 Å². The fraction of sp³-hybridized carbons (Fsp3) is 0.692. The van der Waals surface area contributed by atoms with Crippen molar-refractivity contribution in [3.63, 3.8) is 0 Å². The van der Waals surface area contributed by atoms with E-state index in [1.54, 1.807) is 0 Å². The third-order valence-corrected chi connectivity index (χ3v) is 3.80. The molecule has 1 nitrogen and oxygen atoms in total. The molecule has 0 aliphatic heterocycles. The van der Waals surface area contributed by atoms with E-state index in [2.05, 4.69) is 43.6 Å². The van der Waals surface area contributed by atoms with Crippen molar-refractivity contribution < 1.29 is 0 Å². The minimum Gasteiger partial charge on any atom is -0.314 e. The van der Waals surface area contributed by atoms with Crippen molar-refractivity contribution in [3.8, 4) is 0 Å². The molecule has 0 saturated carbocycles. The van der Waals surface area contributed by atoms with Gasteiger partial charge in [0.2, 0.25) is 0 Å². The monoisotopic (exact) mass is 225 g/mol. The normalized spacial score (nSPS) is 15.1. The molecule has 1 rings (SSSR count). The van der Waals surface area contributed by atoms with E-state index in [-0.39, 0.29) is 0 Å². The van der Waals surface area contributed by atoms with Crippen molar-refractivity contribution >= 4 is 11.3 Å². The first-order valence-corrected chi connectivity index (χ1v) is 6.90. The average Bonchev–Trinajstić information content (AvgIpc) is 2.70. The van der Waals surface area contributed by atoms with Crippen LogP contribution in [0.15, 0.2) is 17.5 Å². The summed E-state index contributed by atoms with van der Waals surface area (Å²) in [7, 11) is 0. The molecule has 1 aromatic rings. The molecule has 0 bridgehead atoms. The molecule has 2 unspecified atom stereocenters. The summed E-state index contributed by atoms with van der Waals surface area (Å²) in [6.07, 6.45) is 3.77. The van der Waals surface area contributed by atoms with E-state index in [1.165, 1.54) is 24.1 Å². The van der Waals surface area contributed by atoms with Gasteiger partial charge in [0, 0.05) is 10.9 Å². The van der Waals surface area contributed by atoms with Gasteiger partial charge < -0.3 is 5.32 Å². The summed E-state index contributed by atoms with van der Waals surface area (Å²) in [5, 5.41) is 5.76. The first-order chi connectivity index (χ1) is 7.26. The Kier molecular flexibility index (Phi) is 5.96. The second-order valence-electron chi connectivity index (χ2n) is 4.29. The van der Waals surface area contributed by atoms with Crippen LogP contribution in [0.5, 0.6) is 0 Å². The van der Waals surface area contributed by atoms with Crippen molar-refractivity contribution in [2.45, 2.75) is 46.1 Å². The number of hydrogen-bond acceptors (Lipinski definition) is 2. The van der Waals surface area contributed by atoms with E-state index in [0.29, 0.717) is 6.04 Å². The lowest BCUT2D eigenvalue weighted by molar-refractivity contribution is 0.398. The highest BCUT2D eigenvalue weighted by Crippen LogP contribution is 2.16. The van der Waals surface area contributed by atoms with Gasteiger partial charge in [0.25, 0.3) is 0 Å². The van der Waals surface area contributed by atoms with E-state index in [9.17, 15) is 0 Å². The lowest BCUT2D eigenvalue weighted by Gasteiger charge is -2.20. The Morgan fingerprint density at radius 2 is 2.20 bits per heavy atom. The minimum absolute atomic E-state index is 0.656. The summed E-state index contributed by atoms with van der Waals surface area (Å²) in [6, 6.07) is 5.04. The highest BCUT2D eigenvalue weighted by molar-refractivity contribution is 7.09. The van der Waals surface area contributed by atoms with E-state index in [4.69, 9.17) is 0 Å². The standard InChI is InChI=1S/C13H23NS/c1-4-11(3)9-12(14-5-2)10-13-7-6-8-15-13/h6-8,11-12,14H,4-5,9-10H2,1-3H3. The van der Waals surface area contributed by atoms with Gasteiger partial charge >= 0.3 is 0 Å². The molecule has 0 aromatic carbocycles. The second kappa shape index (κ2) is 7.02. The van der Waals surface area contributed by atoms with Crippen LogP contribution in [0.4, 0.5) is 0 Å². The van der Waals surface area contributed by atoms with E-state index in [1.807, 2.05) is 11.3 Å². The summed E-state index contributed by atoms with van der Waals surface area (Å²) >= 11 is 1.87. The predicted molar refractivity (Wildman–Crippen MR) is 69.6 cm³/mol. The van der Waals surface area contributed by atoms with Gasteiger partial charge in [-0.25, -0.2) is 0 Å². The lowest BCUT2D eigenvalue weighted by atomic mass is 9.97. The summed E-state index contributed by atoms with van der Waals surface area (Å²) in [6.45, 7) is 7.89. The molecule has 86 valence electrons. The Hall–Kier alpha value is -0.340. The van der Waals surface area contributed by atoms with Crippen LogP contribution in [0.2, 0.25) is 0 Å². The van der Waals surface area contributed by atoms with Gasteiger partial charge in [-0.05, 0) is 36.8 Å². The first-order valence-electron chi connectivity index (χ1n) is 6.02. The minimum atomic E-state index is 0.656. The van der Waals surface area contributed by atoms with Crippen molar-refractivity contribution in [1.29, 1.82) is 0 Å². The fourth-order valence-corrected chi connectivity index (χ4v) is 2.64. The quantitative estimate of drug-likeness (QED) is 0.746. The zero-order valence-corrected chi connectivity index (χ0v) is 10.9. The van der Waals surface area contributed by atoms with Crippen LogP contribution in [0.25, 0.3) is 0 Å². The van der Waals surface area contributed by atoms with E-state index < -0.39 is 0 Å². The second-order valence-corrected chi connectivity index (χ2v) is 5.32. The lowest BCUT2D eigenvalue weighted by Crippen LogP contribution is -2.32. The Morgan fingerprint density at radius 3 is 2.73 bits per heavy atom. The van der Waals surface area contributed by atoms with Crippen molar-refractivity contribution in [1.82, 2.24) is 5.32 Å². The predicted octanol–water partition coefficient (Wildman–Crippen LogP) is 3.70. The maximum Gasteiger partial charge on any atom is 0.0118 e. The van der Waals surface area contributed by atoms with Gasteiger partial charge in [-0.2, -0.15) is 0 Å².